The van der Waals surface area contributed by atoms with Crippen LogP contribution in [0, 0.1) is 0 Å². The summed E-state index contributed by atoms with van der Waals surface area (Å²) in [5, 5.41) is 10.2. The van der Waals surface area contributed by atoms with Crippen LogP contribution in [0.25, 0.3) is 33.6 Å². The molecule has 0 spiro atoms. The van der Waals surface area contributed by atoms with Gasteiger partial charge >= 0.3 is 0 Å². The van der Waals surface area contributed by atoms with Crippen LogP contribution in [0.3, 0.4) is 0 Å². The first-order valence-electron chi connectivity index (χ1n) is 9.24. The largest absolute Gasteiger partial charge is 0.273 e. The smallest absolute Gasteiger partial charge is 0.168 e. The maximum atomic E-state index is 4.65. The molecule has 2 heterocycles. The maximum absolute atomic E-state index is 4.65. The predicted octanol–water partition coefficient (Wildman–Crippen LogP) is 5.98. The lowest BCUT2D eigenvalue weighted by atomic mass is 10.1. The third-order valence-electron chi connectivity index (χ3n) is 4.87. The van der Waals surface area contributed by atoms with Crippen LogP contribution in [-0.4, -0.2) is 19.7 Å². The predicted molar refractivity (Wildman–Crippen MR) is 116 cm³/mol. The summed E-state index contributed by atoms with van der Waals surface area (Å²) in [5.74, 6) is 1.65. The fraction of sp³-hybridized carbons (Fsp3) is 0.0870. The van der Waals surface area contributed by atoms with Crippen LogP contribution in [0.15, 0.2) is 83.5 Å². The molecule has 0 amide bonds. The van der Waals surface area contributed by atoms with E-state index in [-0.39, 0.29) is 0 Å². The van der Waals surface area contributed by atoms with Gasteiger partial charge in [-0.1, -0.05) is 64.5 Å². The van der Waals surface area contributed by atoms with Crippen molar-refractivity contribution in [1.82, 2.24) is 19.7 Å². The van der Waals surface area contributed by atoms with Crippen molar-refractivity contribution in [3.8, 4) is 17.1 Å². The van der Waals surface area contributed by atoms with Crippen molar-refractivity contribution >= 4 is 32.4 Å². The maximum Gasteiger partial charge on any atom is 0.168 e. The van der Waals surface area contributed by atoms with E-state index in [1.807, 2.05) is 24.4 Å². The summed E-state index contributed by atoms with van der Waals surface area (Å²) in [7, 11) is 0. The molecule has 5 rings (SSSR count). The van der Waals surface area contributed by atoms with E-state index in [1.165, 1.54) is 0 Å². The molecule has 28 heavy (non-hydrogen) atoms. The Morgan fingerprint density at radius 2 is 1.68 bits per heavy atom. The number of allylic oxidation sites excluding steroid dienone is 4. The molecule has 5 heteroatoms. The first-order chi connectivity index (χ1) is 13.8. The average molecular weight is 429 g/mol. The molecule has 0 bridgehead atoms. The highest BCUT2D eigenvalue weighted by Crippen LogP contribution is 2.31. The van der Waals surface area contributed by atoms with Gasteiger partial charge in [0, 0.05) is 27.2 Å². The number of rotatable bonds is 3. The van der Waals surface area contributed by atoms with Crippen LogP contribution < -0.4 is 0 Å². The van der Waals surface area contributed by atoms with Gasteiger partial charge in [0.2, 0.25) is 0 Å². The summed E-state index contributed by atoms with van der Waals surface area (Å²) in [6.45, 7) is 0. The number of nitrogens with zero attached hydrogens (tertiary/aromatic N) is 4. The Bertz CT molecular complexity index is 1210. The van der Waals surface area contributed by atoms with Crippen molar-refractivity contribution in [2.24, 2.45) is 0 Å². The van der Waals surface area contributed by atoms with Gasteiger partial charge in [0.25, 0.3) is 0 Å². The Kier molecular flexibility index (Phi) is 4.37. The first-order valence-corrected chi connectivity index (χ1v) is 10.0. The molecule has 2 aromatic heterocycles. The van der Waals surface area contributed by atoms with Gasteiger partial charge in [0.05, 0.1) is 11.2 Å². The molecule has 0 radical (unpaired) electrons. The number of fused-ring (bicyclic) bond motifs is 1. The lowest BCUT2D eigenvalue weighted by Gasteiger charge is -2.14. The second-order valence-electron chi connectivity index (χ2n) is 6.68. The molecule has 0 unspecified atom stereocenters. The van der Waals surface area contributed by atoms with Crippen molar-refractivity contribution in [2.45, 2.75) is 12.8 Å². The average Bonchev–Trinajstić information content (AvgIpc) is 3.19. The zero-order valence-electron chi connectivity index (χ0n) is 15.1. The van der Waals surface area contributed by atoms with Crippen LogP contribution in [0.1, 0.15) is 18.7 Å². The summed E-state index contributed by atoms with van der Waals surface area (Å²) >= 11 is 3.51. The number of pyridine rings is 1. The molecule has 4 nitrogen and oxygen atoms in total. The molecule has 136 valence electrons. The van der Waals surface area contributed by atoms with Crippen LogP contribution in [0.2, 0.25) is 0 Å². The zero-order valence-corrected chi connectivity index (χ0v) is 16.7. The standard InChI is InChI=1S/C23H17BrN4/c24-19-13-11-18(12-14-19)23-27-26-22(17-6-2-1-3-7-17)28(23)20-10-4-8-16-9-5-15-25-21(16)20/h2,4-15H,1,3H2. The Morgan fingerprint density at radius 1 is 0.857 bits per heavy atom. The monoisotopic (exact) mass is 428 g/mol. The first kappa shape index (κ1) is 17.1. The molecule has 0 aliphatic heterocycles. The minimum absolute atomic E-state index is 0.806. The van der Waals surface area contributed by atoms with E-state index in [9.17, 15) is 0 Å². The van der Waals surface area contributed by atoms with E-state index in [2.05, 4.69) is 90.3 Å². The molecule has 0 saturated heterocycles. The highest BCUT2D eigenvalue weighted by molar-refractivity contribution is 9.10. The second kappa shape index (κ2) is 7.17. The third kappa shape index (κ3) is 2.98. The van der Waals surface area contributed by atoms with Crippen molar-refractivity contribution in [3.63, 3.8) is 0 Å². The van der Waals surface area contributed by atoms with Crippen LogP contribution in [0.5, 0.6) is 0 Å². The second-order valence-corrected chi connectivity index (χ2v) is 7.60. The number of para-hydroxylation sites is 1. The molecular formula is C23H17BrN4. The van der Waals surface area contributed by atoms with E-state index >= 15 is 0 Å². The van der Waals surface area contributed by atoms with E-state index in [4.69, 9.17) is 0 Å². The van der Waals surface area contributed by atoms with Gasteiger partial charge in [-0.3, -0.25) is 9.55 Å². The Morgan fingerprint density at radius 3 is 2.50 bits per heavy atom. The summed E-state index contributed by atoms with van der Waals surface area (Å²) in [5.41, 5.74) is 4.02. The third-order valence-corrected chi connectivity index (χ3v) is 5.40. The Labute approximate surface area is 171 Å². The Hall–Kier alpha value is -3.05. The minimum Gasteiger partial charge on any atom is -0.273 e. The fourth-order valence-electron chi connectivity index (χ4n) is 3.53. The van der Waals surface area contributed by atoms with Crippen molar-refractivity contribution in [2.75, 3.05) is 0 Å². The lowest BCUT2D eigenvalue weighted by molar-refractivity contribution is 0.999. The van der Waals surface area contributed by atoms with Gasteiger partial charge in [-0.05, 0) is 37.1 Å². The molecule has 4 aromatic rings. The van der Waals surface area contributed by atoms with Gasteiger partial charge in [-0.15, -0.1) is 10.2 Å². The summed E-state index contributed by atoms with van der Waals surface area (Å²) in [6, 6.07) is 18.4. The van der Waals surface area contributed by atoms with Gasteiger partial charge in [-0.25, -0.2) is 0 Å². The lowest BCUT2D eigenvalue weighted by Crippen LogP contribution is -2.04. The summed E-state index contributed by atoms with van der Waals surface area (Å²) < 4.78 is 3.16. The van der Waals surface area contributed by atoms with E-state index in [1.54, 1.807) is 0 Å². The highest BCUT2D eigenvalue weighted by Gasteiger charge is 2.20. The minimum atomic E-state index is 0.806. The van der Waals surface area contributed by atoms with Gasteiger partial charge in [-0.2, -0.15) is 0 Å². The van der Waals surface area contributed by atoms with Crippen molar-refractivity contribution in [3.05, 3.63) is 89.3 Å². The normalized spacial score (nSPS) is 13.7. The van der Waals surface area contributed by atoms with Crippen LogP contribution in [0.4, 0.5) is 0 Å². The molecule has 1 aliphatic rings. The number of hydrogen-bond donors (Lipinski definition) is 0. The summed E-state index contributed by atoms with van der Waals surface area (Å²) in [4.78, 5) is 4.65. The van der Waals surface area contributed by atoms with E-state index in [0.29, 0.717) is 0 Å². The molecular weight excluding hydrogens is 412 g/mol. The van der Waals surface area contributed by atoms with Gasteiger partial charge in [0.1, 0.15) is 0 Å². The molecule has 1 aliphatic carbocycles. The van der Waals surface area contributed by atoms with E-state index in [0.717, 1.165) is 56.7 Å². The summed E-state index contributed by atoms with van der Waals surface area (Å²) in [6.07, 6.45) is 10.5. The SMILES string of the molecule is Brc1ccc(-c2nnc(C3=CCCC=C3)n2-c2cccc3cccnc23)cc1. The number of halogens is 1. The number of benzene rings is 2. The molecule has 0 atom stereocenters. The number of hydrogen-bond acceptors (Lipinski definition) is 3. The fourth-order valence-corrected chi connectivity index (χ4v) is 3.80. The van der Waals surface area contributed by atoms with Gasteiger partial charge < -0.3 is 0 Å². The topological polar surface area (TPSA) is 43.6 Å². The quantitative estimate of drug-likeness (QED) is 0.403. The molecule has 2 aromatic carbocycles. The zero-order chi connectivity index (χ0) is 18.9. The number of aromatic nitrogens is 4. The Balaban J connectivity index is 1.80. The van der Waals surface area contributed by atoms with Gasteiger partial charge in [0.15, 0.2) is 11.6 Å². The van der Waals surface area contributed by atoms with E-state index < -0.39 is 0 Å². The molecule has 0 saturated carbocycles. The highest BCUT2D eigenvalue weighted by atomic mass is 79.9. The van der Waals surface area contributed by atoms with Crippen LogP contribution >= 0.6 is 15.9 Å². The van der Waals surface area contributed by atoms with Crippen molar-refractivity contribution in [1.29, 1.82) is 0 Å². The molecule has 0 fully saturated rings. The molecule has 0 N–H and O–H groups in total. The van der Waals surface area contributed by atoms with Crippen molar-refractivity contribution < 1.29 is 0 Å². The van der Waals surface area contributed by atoms with Crippen LogP contribution in [-0.2, 0) is 0 Å².